The van der Waals surface area contributed by atoms with Crippen molar-refractivity contribution in [2.75, 3.05) is 11.1 Å². The van der Waals surface area contributed by atoms with Gasteiger partial charge in [0.15, 0.2) is 4.34 Å². The molecule has 3 nitrogen and oxygen atoms in total. The van der Waals surface area contributed by atoms with Gasteiger partial charge in [0.1, 0.15) is 0 Å². The van der Waals surface area contributed by atoms with E-state index >= 15 is 0 Å². The summed E-state index contributed by atoms with van der Waals surface area (Å²) in [5.74, 6) is 0.300. The third-order valence-corrected chi connectivity index (χ3v) is 4.98. The van der Waals surface area contributed by atoms with Crippen LogP contribution in [0.4, 0.5) is 5.69 Å². The van der Waals surface area contributed by atoms with Gasteiger partial charge in [0.2, 0.25) is 5.91 Å². The van der Waals surface area contributed by atoms with Gasteiger partial charge < -0.3 is 5.32 Å². The number of anilines is 1. The van der Waals surface area contributed by atoms with Crippen LogP contribution in [0.5, 0.6) is 0 Å². The summed E-state index contributed by atoms with van der Waals surface area (Å²) in [4.78, 5) is 16.4. The predicted octanol–water partition coefficient (Wildman–Crippen LogP) is 4.82. The number of carbonyl (C=O) groups is 1. The van der Waals surface area contributed by atoms with Crippen LogP contribution in [0.2, 0.25) is 5.02 Å². The maximum atomic E-state index is 11.9. The number of halogens is 1. The normalized spacial score (nSPS) is 11.4. The number of hydrogen-bond acceptors (Lipinski definition) is 4. The van der Waals surface area contributed by atoms with Crippen LogP contribution in [0, 0.1) is 0 Å². The molecular weight excluding hydrogens is 324 g/mol. The Morgan fingerprint density at radius 3 is 2.57 bits per heavy atom. The SMILES string of the molecule is CC(C)(C)c1csc(SCC(=O)Nc2ccc(Cl)cc2)n1. The van der Waals surface area contributed by atoms with Crippen molar-refractivity contribution >= 4 is 46.3 Å². The minimum atomic E-state index is -0.0465. The molecule has 6 heteroatoms. The Bertz CT molecular complexity index is 617. The fourth-order valence-corrected chi connectivity index (χ4v) is 3.50. The van der Waals surface area contributed by atoms with Crippen LogP contribution in [0.3, 0.4) is 0 Å². The Labute approximate surface area is 138 Å². The number of nitrogens with one attached hydrogen (secondary N) is 1. The number of thiazole rings is 1. The van der Waals surface area contributed by atoms with Crippen LogP contribution >= 0.6 is 34.7 Å². The molecular formula is C15H17ClN2OS2. The van der Waals surface area contributed by atoms with E-state index < -0.39 is 0 Å². The average Bonchev–Trinajstić information content (AvgIpc) is 2.88. The zero-order chi connectivity index (χ0) is 15.5. The van der Waals surface area contributed by atoms with Gasteiger partial charge in [-0.05, 0) is 24.3 Å². The molecule has 2 rings (SSSR count). The number of aromatic nitrogens is 1. The molecule has 0 aliphatic carbocycles. The summed E-state index contributed by atoms with van der Waals surface area (Å²) in [6.45, 7) is 6.39. The van der Waals surface area contributed by atoms with E-state index in [9.17, 15) is 4.79 Å². The van der Waals surface area contributed by atoms with Gasteiger partial charge in [0.05, 0.1) is 11.4 Å². The lowest BCUT2D eigenvalue weighted by Crippen LogP contribution is -2.14. The van der Waals surface area contributed by atoms with Gasteiger partial charge in [-0.1, -0.05) is 44.1 Å². The Hall–Kier alpha value is -1.04. The van der Waals surface area contributed by atoms with E-state index in [4.69, 9.17) is 11.6 Å². The van der Waals surface area contributed by atoms with Crippen LogP contribution < -0.4 is 5.32 Å². The Morgan fingerprint density at radius 1 is 1.33 bits per heavy atom. The van der Waals surface area contributed by atoms with Crippen molar-refractivity contribution in [3.8, 4) is 0 Å². The molecule has 2 aromatic rings. The van der Waals surface area contributed by atoms with E-state index in [1.807, 2.05) is 0 Å². The second kappa shape index (κ2) is 6.81. The molecule has 0 radical (unpaired) electrons. The van der Waals surface area contributed by atoms with Gasteiger partial charge in [0, 0.05) is 21.5 Å². The van der Waals surface area contributed by atoms with E-state index in [0.29, 0.717) is 10.8 Å². The number of nitrogens with zero attached hydrogens (tertiary/aromatic N) is 1. The second-order valence-electron chi connectivity index (χ2n) is 5.59. The maximum absolute atomic E-state index is 11.9. The van der Waals surface area contributed by atoms with Gasteiger partial charge in [0.25, 0.3) is 0 Å². The quantitative estimate of drug-likeness (QED) is 0.811. The van der Waals surface area contributed by atoms with Crippen molar-refractivity contribution in [2.45, 2.75) is 30.5 Å². The molecule has 1 aromatic carbocycles. The van der Waals surface area contributed by atoms with Crippen molar-refractivity contribution in [3.63, 3.8) is 0 Å². The molecule has 1 heterocycles. The first-order valence-corrected chi connectivity index (χ1v) is 8.73. The number of thioether (sulfide) groups is 1. The minimum absolute atomic E-state index is 0.0425. The first kappa shape index (κ1) is 16.3. The molecule has 1 N–H and O–H groups in total. The first-order valence-electron chi connectivity index (χ1n) is 6.49. The van der Waals surface area contributed by atoms with Crippen molar-refractivity contribution < 1.29 is 4.79 Å². The maximum Gasteiger partial charge on any atom is 0.234 e. The molecule has 0 unspecified atom stereocenters. The summed E-state index contributed by atoms with van der Waals surface area (Å²) in [5, 5.41) is 5.54. The summed E-state index contributed by atoms with van der Waals surface area (Å²) >= 11 is 8.84. The molecule has 1 aromatic heterocycles. The summed E-state index contributed by atoms with van der Waals surface area (Å²) < 4.78 is 0.922. The van der Waals surface area contributed by atoms with Gasteiger partial charge in [-0.2, -0.15) is 0 Å². The van der Waals surface area contributed by atoms with Gasteiger partial charge >= 0.3 is 0 Å². The van der Waals surface area contributed by atoms with Crippen molar-refractivity contribution in [1.82, 2.24) is 4.98 Å². The van der Waals surface area contributed by atoms with Crippen LogP contribution in [0.25, 0.3) is 0 Å². The largest absolute Gasteiger partial charge is 0.325 e. The first-order chi connectivity index (χ1) is 9.84. The molecule has 21 heavy (non-hydrogen) atoms. The molecule has 0 saturated carbocycles. The summed E-state index contributed by atoms with van der Waals surface area (Å²) in [7, 11) is 0. The predicted molar refractivity (Wildman–Crippen MR) is 91.6 cm³/mol. The molecule has 0 aliphatic rings. The van der Waals surface area contributed by atoms with Crippen LogP contribution in [-0.2, 0) is 10.2 Å². The fourth-order valence-electron chi connectivity index (χ4n) is 1.53. The number of benzene rings is 1. The lowest BCUT2D eigenvalue weighted by atomic mass is 9.93. The smallest absolute Gasteiger partial charge is 0.234 e. The minimum Gasteiger partial charge on any atom is -0.325 e. The summed E-state index contributed by atoms with van der Waals surface area (Å²) in [5.41, 5.74) is 1.86. The number of hydrogen-bond donors (Lipinski definition) is 1. The standard InChI is InChI=1S/C15H17ClN2OS2/c1-15(2,3)12-8-20-14(18-12)21-9-13(19)17-11-6-4-10(16)5-7-11/h4-8H,9H2,1-3H3,(H,17,19). The van der Waals surface area contributed by atoms with Crippen molar-refractivity contribution in [2.24, 2.45) is 0 Å². The molecule has 0 bridgehead atoms. The summed E-state index contributed by atoms with van der Waals surface area (Å²) in [6.07, 6.45) is 0. The molecule has 1 amide bonds. The van der Waals surface area contributed by atoms with E-state index in [-0.39, 0.29) is 11.3 Å². The Balaban J connectivity index is 1.86. The number of amides is 1. The molecule has 0 atom stereocenters. The monoisotopic (exact) mass is 340 g/mol. The topological polar surface area (TPSA) is 42.0 Å². The van der Waals surface area contributed by atoms with E-state index in [0.717, 1.165) is 15.7 Å². The van der Waals surface area contributed by atoms with Crippen LogP contribution in [0.15, 0.2) is 34.0 Å². The molecule has 0 spiro atoms. The van der Waals surface area contributed by atoms with Crippen LogP contribution in [0.1, 0.15) is 26.5 Å². The Morgan fingerprint density at radius 2 is 2.00 bits per heavy atom. The van der Waals surface area contributed by atoms with Gasteiger partial charge in [-0.3, -0.25) is 4.79 Å². The fraction of sp³-hybridized carbons (Fsp3) is 0.333. The van der Waals surface area contributed by atoms with Gasteiger partial charge in [-0.25, -0.2) is 4.98 Å². The van der Waals surface area contributed by atoms with Crippen LogP contribution in [-0.4, -0.2) is 16.6 Å². The van der Waals surface area contributed by atoms with E-state index in [1.54, 1.807) is 35.6 Å². The number of carbonyl (C=O) groups excluding carboxylic acids is 1. The zero-order valence-corrected chi connectivity index (χ0v) is 14.5. The highest BCUT2D eigenvalue weighted by Crippen LogP contribution is 2.29. The lowest BCUT2D eigenvalue weighted by Gasteiger charge is -2.14. The second-order valence-corrected chi connectivity index (χ2v) is 8.11. The highest BCUT2D eigenvalue weighted by Gasteiger charge is 2.17. The van der Waals surface area contributed by atoms with Crippen molar-refractivity contribution in [3.05, 3.63) is 40.4 Å². The molecule has 0 aliphatic heterocycles. The number of rotatable bonds is 4. The molecule has 112 valence electrons. The summed E-state index contributed by atoms with van der Waals surface area (Å²) in [6, 6.07) is 7.07. The van der Waals surface area contributed by atoms with Crippen molar-refractivity contribution in [1.29, 1.82) is 0 Å². The van der Waals surface area contributed by atoms with Gasteiger partial charge in [-0.15, -0.1) is 11.3 Å². The Kier molecular flexibility index (Phi) is 5.30. The highest BCUT2D eigenvalue weighted by atomic mass is 35.5. The average molecular weight is 341 g/mol. The molecule has 0 fully saturated rings. The zero-order valence-electron chi connectivity index (χ0n) is 12.1. The van der Waals surface area contributed by atoms with E-state index in [1.165, 1.54) is 11.8 Å². The van der Waals surface area contributed by atoms with E-state index in [2.05, 4.69) is 36.5 Å². The highest BCUT2D eigenvalue weighted by molar-refractivity contribution is 8.01. The lowest BCUT2D eigenvalue weighted by molar-refractivity contribution is -0.113. The molecule has 0 saturated heterocycles. The third-order valence-electron chi connectivity index (χ3n) is 2.71. The third kappa shape index (κ3) is 5.02.